The first-order valence-corrected chi connectivity index (χ1v) is 8.22. The lowest BCUT2D eigenvalue weighted by Crippen LogP contribution is -2.53. The Hall–Kier alpha value is -1.69. The lowest BCUT2D eigenvalue weighted by molar-refractivity contribution is -0.145. The minimum absolute atomic E-state index is 0.0401. The van der Waals surface area contributed by atoms with Crippen molar-refractivity contribution in [3.8, 4) is 0 Å². The maximum atomic E-state index is 12.8. The molecule has 0 unspecified atom stereocenters. The van der Waals surface area contributed by atoms with Gasteiger partial charge in [-0.3, -0.25) is 4.79 Å². The van der Waals surface area contributed by atoms with E-state index in [1.54, 1.807) is 12.4 Å². The molecule has 0 saturated carbocycles. The third-order valence-electron chi connectivity index (χ3n) is 4.59. The molecule has 6 nitrogen and oxygen atoms in total. The Bertz CT molecular complexity index is 488. The van der Waals surface area contributed by atoms with Gasteiger partial charge in [-0.05, 0) is 25.3 Å². The monoisotopic (exact) mass is 304 g/mol. The molecule has 0 N–H and O–H groups in total. The zero-order chi connectivity index (χ0) is 15.4. The summed E-state index contributed by atoms with van der Waals surface area (Å²) >= 11 is 0. The average molecular weight is 304 g/mol. The van der Waals surface area contributed by atoms with Gasteiger partial charge in [-0.2, -0.15) is 0 Å². The van der Waals surface area contributed by atoms with Gasteiger partial charge in [-0.25, -0.2) is 9.97 Å². The SMILES string of the molecule is CC[C@H]1OCCC[C@H]1C(=O)N1CCN(c2ncccn2)CC1. The molecule has 6 heteroatoms. The fourth-order valence-corrected chi connectivity index (χ4v) is 3.34. The number of amides is 1. The van der Waals surface area contributed by atoms with Gasteiger partial charge < -0.3 is 14.5 Å². The smallest absolute Gasteiger partial charge is 0.228 e. The van der Waals surface area contributed by atoms with E-state index in [2.05, 4.69) is 21.8 Å². The molecule has 0 radical (unpaired) electrons. The third-order valence-corrected chi connectivity index (χ3v) is 4.59. The van der Waals surface area contributed by atoms with Gasteiger partial charge in [0, 0.05) is 45.2 Å². The number of ether oxygens (including phenoxy) is 1. The normalized spacial score (nSPS) is 26.0. The van der Waals surface area contributed by atoms with Crippen molar-refractivity contribution in [2.75, 3.05) is 37.7 Å². The minimum Gasteiger partial charge on any atom is -0.377 e. The van der Waals surface area contributed by atoms with E-state index in [1.165, 1.54) is 0 Å². The van der Waals surface area contributed by atoms with Crippen LogP contribution in [0.3, 0.4) is 0 Å². The molecule has 2 atom stereocenters. The van der Waals surface area contributed by atoms with Crippen LogP contribution in [-0.4, -0.2) is 59.7 Å². The molecule has 1 aromatic rings. The summed E-state index contributed by atoms with van der Waals surface area (Å²) in [6.45, 7) is 5.96. The number of carbonyl (C=O) groups excluding carboxylic acids is 1. The van der Waals surface area contributed by atoms with Gasteiger partial charge in [0.25, 0.3) is 0 Å². The Morgan fingerprint density at radius 3 is 2.68 bits per heavy atom. The van der Waals surface area contributed by atoms with Gasteiger partial charge in [-0.1, -0.05) is 6.92 Å². The molecule has 0 bridgehead atoms. The Balaban J connectivity index is 1.57. The lowest BCUT2D eigenvalue weighted by atomic mass is 9.91. The second kappa shape index (κ2) is 7.05. The van der Waals surface area contributed by atoms with Crippen molar-refractivity contribution in [1.29, 1.82) is 0 Å². The topological polar surface area (TPSA) is 58.6 Å². The maximum absolute atomic E-state index is 12.8. The van der Waals surface area contributed by atoms with Crippen LogP contribution < -0.4 is 4.90 Å². The van der Waals surface area contributed by atoms with Crippen molar-refractivity contribution in [1.82, 2.24) is 14.9 Å². The van der Waals surface area contributed by atoms with Crippen LogP contribution in [0.25, 0.3) is 0 Å². The van der Waals surface area contributed by atoms with E-state index in [4.69, 9.17) is 4.74 Å². The number of hydrogen-bond donors (Lipinski definition) is 0. The molecule has 2 fully saturated rings. The van der Waals surface area contributed by atoms with Crippen molar-refractivity contribution in [2.45, 2.75) is 32.3 Å². The highest BCUT2D eigenvalue weighted by Gasteiger charge is 2.34. The van der Waals surface area contributed by atoms with E-state index in [-0.39, 0.29) is 17.9 Å². The molecule has 2 aliphatic heterocycles. The molecule has 22 heavy (non-hydrogen) atoms. The van der Waals surface area contributed by atoms with Crippen LogP contribution in [0, 0.1) is 5.92 Å². The first-order valence-electron chi connectivity index (χ1n) is 8.22. The van der Waals surface area contributed by atoms with Crippen LogP contribution in [-0.2, 0) is 9.53 Å². The summed E-state index contributed by atoms with van der Waals surface area (Å²) in [6.07, 6.45) is 6.46. The van der Waals surface area contributed by atoms with Gasteiger partial charge in [-0.15, -0.1) is 0 Å². The van der Waals surface area contributed by atoms with E-state index >= 15 is 0 Å². The molecule has 2 aliphatic rings. The number of aromatic nitrogens is 2. The van der Waals surface area contributed by atoms with Crippen molar-refractivity contribution < 1.29 is 9.53 Å². The highest BCUT2D eigenvalue weighted by Crippen LogP contribution is 2.25. The van der Waals surface area contributed by atoms with E-state index in [0.29, 0.717) is 0 Å². The first-order chi connectivity index (χ1) is 10.8. The van der Waals surface area contributed by atoms with Crippen LogP contribution in [0.1, 0.15) is 26.2 Å². The zero-order valence-corrected chi connectivity index (χ0v) is 13.1. The average Bonchev–Trinajstić information content (AvgIpc) is 2.62. The summed E-state index contributed by atoms with van der Waals surface area (Å²) in [5, 5.41) is 0. The summed E-state index contributed by atoms with van der Waals surface area (Å²) in [4.78, 5) is 25.4. The van der Waals surface area contributed by atoms with E-state index in [0.717, 1.165) is 58.0 Å². The highest BCUT2D eigenvalue weighted by atomic mass is 16.5. The maximum Gasteiger partial charge on any atom is 0.228 e. The first kappa shape index (κ1) is 15.2. The fraction of sp³-hybridized carbons (Fsp3) is 0.688. The van der Waals surface area contributed by atoms with Crippen molar-refractivity contribution in [3.63, 3.8) is 0 Å². The number of nitrogens with zero attached hydrogens (tertiary/aromatic N) is 4. The molecule has 3 heterocycles. The van der Waals surface area contributed by atoms with Crippen LogP contribution >= 0.6 is 0 Å². The molecule has 1 amide bonds. The van der Waals surface area contributed by atoms with E-state index in [1.807, 2.05) is 11.0 Å². The molecular formula is C16H24N4O2. The summed E-state index contributed by atoms with van der Waals surface area (Å²) in [5.74, 6) is 1.06. The van der Waals surface area contributed by atoms with E-state index < -0.39 is 0 Å². The van der Waals surface area contributed by atoms with Crippen molar-refractivity contribution >= 4 is 11.9 Å². The van der Waals surface area contributed by atoms with Crippen molar-refractivity contribution in [3.05, 3.63) is 18.5 Å². The number of rotatable bonds is 3. The molecule has 0 aliphatic carbocycles. The number of carbonyl (C=O) groups is 1. The van der Waals surface area contributed by atoms with E-state index in [9.17, 15) is 4.79 Å². The third kappa shape index (κ3) is 3.21. The Kier molecular flexibility index (Phi) is 4.87. The molecule has 3 rings (SSSR count). The summed E-state index contributed by atoms with van der Waals surface area (Å²) in [6, 6.07) is 1.82. The van der Waals surface area contributed by atoms with Crippen molar-refractivity contribution in [2.24, 2.45) is 5.92 Å². The van der Waals surface area contributed by atoms with Crippen LogP contribution in [0.4, 0.5) is 5.95 Å². The molecule has 0 spiro atoms. The van der Waals surface area contributed by atoms with Gasteiger partial charge in [0.05, 0.1) is 12.0 Å². The highest BCUT2D eigenvalue weighted by molar-refractivity contribution is 5.79. The fourth-order valence-electron chi connectivity index (χ4n) is 3.34. The second-order valence-electron chi connectivity index (χ2n) is 5.93. The standard InChI is InChI=1S/C16H24N4O2/c1-2-14-13(5-3-12-22-14)15(21)19-8-10-20(11-9-19)16-17-6-4-7-18-16/h4,6-7,13-14H,2-3,5,8-12H2,1H3/t13-,14-/m1/s1. The van der Waals surface area contributed by atoms with Crippen LogP contribution in [0.15, 0.2) is 18.5 Å². The Morgan fingerprint density at radius 1 is 1.27 bits per heavy atom. The Labute approximate surface area is 131 Å². The number of piperazine rings is 1. The van der Waals surface area contributed by atoms with Gasteiger partial charge in [0.15, 0.2) is 0 Å². The molecule has 2 saturated heterocycles. The molecular weight excluding hydrogens is 280 g/mol. The molecule has 0 aromatic carbocycles. The Morgan fingerprint density at radius 2 is 2.00 bits per heavy atom. The number of hydrogen-bond acceptors (Lipinski definition) is 5. The molecule has 1 aromatic heterocycles. The van der Waals surface area contributed by atoms with Crippen LogP contribution in [0.5, 0.6) is 0 Å². The van der Waals surface area contributed by atoms with Gasteiger partial charge >= 0.3 is 0 Å². The summed E-state index contributed by atoms with van der Waals surface area (Å²) in [7, 11) is 0. The second-order valence-corrected chi connectivity index (χ2v) is 5.93. The van der Waals surface area contributed by atoms with Crippen LogP contribution in [0.2, 0.25) is 0 Å². The predicted octanol–water partition coefficient (Wildman–Crippen LogP) is 1.33. The van der Waals surface area contributed by atoms with Gasteiger partial charge in [0.2, 0.25) is 11.9 Å². The predicted molar refractivity (Wildman–Crippen MR) is 83.6 cm³/mol. The quantitative estimate of drug-likeness (QED) is 0.843. The summed E-state index contributed by atoms with van der Waals surface area (Å²) < 4.78 is 5.76. The summed E-state index contributed by atoms with van der Waals surface area (Å²) in [5.41, 5.74) is 0. The molecule has 120 valence electrons. The minimum atomic E-state index is 0.0401. The number of anilines is 1. The zero-order valence-electron chi connectivity index (χ0n) is 13.1. The van der Waals surface area contributed by atoms with Gasteiger partial charge in [0.1, 0.15) is 0 Å². The lowest BCUT2D eigenvalue weighted by Gasteiger charge is -2.39. The largest absolute Gasteiger partial charge is 0.377 e.